The lowest BCUT2D eigenvalue weighted by Crippen LogP contribution is -2.58. The second-order valence-corrected chi connectivity index (χ2v) is 10.0. The number of aromatic amines is 1. The summed E-state index contributed by atoms with van der Waals surface area (Å²) >= 11 is 6.33. The Morgan fingerprint density at radius 1 is 1.15 bits per heavy atom. The van der Waals surface area contributed by atoms with Crippen molar-refractivity contribution in [2.75, 3.05) is 45.4 Å². The number of hydrogen-bond acceptors (Lipinski definition) is 9. The Morgan fingerprint density at radius 2 is 1.95 bits per heavy atom. The maximum Gasteiger partial charge on any atom is 0.252 e. The molecule has 2 aromatic heterocycles. The molecular formula is C27H32ClN7O5. The second kappa shape index (κ2) is 12.5. The van der Waals surface area contributed by atoms with Gasteiger partial charge in [0.25, 0.3) is 5.91 Å². The fourth-order valence-electron chi connectivity index (χ4n) is 5.00. The van der Waals surface area contributed by atoms with Crippen molar-refractivity contribution in [1.29, 1.82) is 0 Å². The molecule has 12 nitrogen and oxygen atoms in total. The molecule has 5 rings (SSSR count). The van der Waals surface area contributed by atoms with E-state index in [-0.39, 0.29) is 29.9 Å². The first-order chi connectivity index (χ1) is 19.4. The average molecular weight is 570 g/mol. The molecule has 0 spiro atoms. The van der Waals surface area contributed by atoms with Crippen LogP contribution in [0.25, 0.3) is 11.6 Å². The maximum absolute atomic E-state index is 13.4. The molecule has 3 aromatic rings. The number of nitrogens with zero attached hydrogens (tertiary/aromatic N) is 5. The van der Waals surface area contributed by atoms with E-state index < -0.39 is 12.1 Å². The highest BCUT2D eigenvalue weighted by Gasteiger charge is 2.37. The molecule has 2 atom stereocenters. The number of anilines is 1. The zero-order valence-electron chi connectivity index (χ0n) is 22.4. The van der Waals surface area contributed by atoms with Gasteiger partial charge in [0, 0.05) is 63.7 Å². The van der Waals surface area contributed by atoms with Crippen molar-refractivity contribution in [3.63, 3.8) is 0 Å². The number of hydrogen-bond donors (Lipinski definition) is 2. The molecule has 2 aliphatic heterocycles. The van der Waals surface area contributed by atoms with E-state index in [1.165, 1.54) is 0 Å². The summed E-state index contributed by atoms with van der Waals surface area (Å²) in [5.74, 6) is 2.48. The molecule has 13 heteroatoms. The van der Waals surface area contributed by atoms with E-state index in [2.05, 4.69) is 25.3 Å². The van der Waals surface area contributed by atoms with Gasteiger partial charge in [0.2, 0.25) is 5.91 Å². The third-order valence-corrected chi connectivity index (χ3v) is 7.20. The number of rotatable bonds is 9. The number of benzene rings is 1. The van der Waals surface area contributed by atoms with Crippen LogP contribution in [0.2, 0.25) is 5.15 Å². The molecule has 4 heterocycles. The molecule has 2 aliphatic rings. The van der Waals surface area contributed by atoms with Crippen molar-refractivity contribution in [2.24, 2.45) is 0 Å². The van der Waals surface area contributed by atoms with E-state index in [1.54, 1.807) is 43.6 Å². The first-order valence-corrected chi connectivity index (χ1v) is 13.5. The van der Waals surface area contributed by atoms with Crippen molar-refractivity contribution in [2.45, 2.75) is 38.0 Å². The molecule has 40 heavy (non-hydrogen) atoms. The molecule has 212 valence electrons. The molecule has 2 N–H and O–H groups in total. The van der Waals surface area contributed by atoms with Crippen molar-refractivity contribution in [3.05, 3.63) is 47.4 Å². The number of methoxy groups -OCH3 is 2. The molecular weight excluding hydrogens is 538 g/mol. The van der Waals surface area contributed by atoms with Gasteiger partial charge in [-0.2, -0.15) is 0 Å². The normalized spacial score (nSPS) is 19.0. The van der Waals surface area contributed by atoms with Crippen LogP contribution in [0.15, 0.2) is 36.7 Å². The fourth-order valence-corrected chi connectivity index (χ4v) is 5.18. The smallest absolute Gasteiger partial charge is 0.252 e. The highest BCUT2D eigenvalue weighted by molar-refractivity contribution is 6.29. The van der Waals surface area contributed by atoms with E-state index in [4.69, 9.17) is 25.8 Å². The lowest BCUT2D eigenvalue weighted by Gasteiger charge is -2.42. The summed E-state index contributed by atoms with van der Waals surface area (Å²) in [7, 11) is 3.15. The summed E-state index contributed by atoms with van der Waals surface area (Å²) in [6.07, 6.45) is 4.47. The van der Waals surface area contributed by atoms with Crippen molar-refractivity contribution >= 4 is 29.2 Å². The monoisotopic (exact) mass is 569 g/mol. The van der Waals surface area contributed by atoms with Gasteiger partial charge in [0.05, 0.1) is 20.3 Å². The van der Waals surface area contributed by atoms with Crippen LogP contribution in [-0.4, -0.2) is 89.3 Å². The van der Waals surface area contributed by atoms with Crippen LogP contribution in [-0.2, 0) is 20.9 Å². The first kappa shape index (κ1) is 27.7. The third-order valence-electron chi connectivity index (χ3n) is 7.01. The number of piperazine rings is 1. The highest BCUT2D eigenvalue weighted by Crippen LogP contribution is 2.26. The molecule has 2 fully saturated rings. The van der Waals surface area contributed by atoms with Gasteiger partial charge in [0.1, 0.15) is 28.6 Å². The lowest BCUT2D eigenvalue weighted by molar-refractivity contribution is -0.144. The number of carbonyl (C=O) groups excluding carboxylic acids is 2. The standard InChI is InChI=1S/C27H32ClN7O5/c1-38-19-10-17(11-20(13-19)39-2)15-31-24(36)12-18-16-34(7-8-35(18)27(37)21-4-3-9-40-21)23-14-22(28)32-26(33-23)25-29-5-6-30-25/h5-6,10-11,13-14,18,21H,3-4,7-9,12,15-16H2,1-2H3,(H,29,30)(H,31,36). The van der Waals surface area contributed by atoms with Gasteiger partial charge in [-0.1, -0.05) is 11.6 Å². The van der Waals surface area contributed by atoms with Gasteiger partial charge < -0.3 is 34.3 Å². The Kier molecular flexibility index (Phi) is 8.66. The number of nitrogens with one attached hydrogen (secondary N) is 2. The van der Waals surface area contributed by atoms with Crippen LogP contribution >= 0.6 is 11.6 Å². The average Bonchev–Trinajstić information content (AvgIpc) is 3.70. The van der Waals surface area contributed by atoms with Crippen molar-refractivity contribution in [1.82, 2.24) is 30.2 Å². The molecule has 1 aromatic carbocycles. The van der Waals surface area contributed by atoms with Gasteiger partial charge in [-0.25, -0.2) is 15.0 Å². The number of imidazole rings is 1. The van der Waals surface area contributed by atoms with Crippen LogP contribution in [0.1, 0.15) is 24.8 Å². The predicted octanol–water partition coefficient (Wildman–Crippen LogP) is 2.44. The van der Waals surface area contributed by atoms with Gasteiger partial charge in [0.15, 0.2) is 11.6 Å². The SMILES string of the molecule is COc1cc(CNC(=O)CC2CN(c3cc(Cl)nc(-c4ncc[nH]4)n3)CCN2C(=O)C2CCCO2)cc(OC)c1. The molecule has 0 bridgehead atoms. The highest BCUT2D eigenvalue weighted by atomic mass is 35.5. The summed E-state index contributed by atoms with van der Waals surface area (Å²) in [6, 6.07) is 6.74. The lowest BCUT2D eigenvalue weighted by atomic mass is 10.1. The zero-order chi connectivity index (χ0) is 28.1. The van der Waals surface area contributed by atoms with Crippen LogP contribution in [0, 0.1) is 0 Å². The summed E-state index contributed by atoms with van der Waals surface area (Å²) in [5.41, 5.74) is 0.836. The quantitative estimate of drug-likeness (QED) is 0.372. The summed E-state index contributed by atoms with van der Waals surface area (Å²) in [6.45, 7) is 2.19. The fraction of sp³-hybridized carbons (Fsp3) is 0.444. The Balaban J connectivity index is 1.32. The molecule has 0 aliphatic carbocycles. The molecule has 2 saturated heterocycles. The van der Waals surface area contributed by atoms with E-state index in [9.17, 15) is 9.59 Å². The number of H-pyrrole nitrogens is 1. The summed E-state index contributed by atoms with van der Waals surface area (Å²) in [5, 5.41) is 3.25. The zero-order valence-corrected chi connectivity index (χ0v) is 23.2. The number of carbonyl (C=O) groups is 2. The van der Waals surface area contributed by atoms with Crippen LogP contribution in [0.4, 0.5) is 5.82 Å². The minimum absolute atomic E-state index is 0.0792. The van der Waals surface area contributed by atoms with Gasteiger partial charge in [-0.15, -0.1) is 0 Å². The van der Waals surface area contributed by atoms with E-state index in [0.717, 1.165) is 12.0 Å². The summed E-state index contributed by atoms with van der Waals surface area (Å²) in [4.78, 5) is 46.5. The van der Waals surface area contributed by atoms with Crippen LogP contribution in [0.3, 0.4) is 0 Å². The van der Waals surface area contributed by atoms with Crippen molar-refractivity contribution < 1.29 is 23.8 Å². The number of ether oxygens (including phenoxy) is 3. The summed E-state index contributed by atoms with van der Waals surface area (Å²) < 4.78 is 16.3. The van der Waals surface area contributed by atoms with Crippen molar-refractivity contribution in [3.8, 4) is 23.1 Å². The minimum atomic E-state index is -0.472. The molecule has 2 amide bonds. The Labute approximate surface area is 237 Å². The van der Waals surface area contributed by atoms with Crippen LogP contribution in [0.5, 0.6) is 11.5 Å². The minimum Gasteiger partial charge on any atom is -0.497 e. The number of amides is 2. The Bertz CT molecular complexity index is 1310. The molecule has 2 unspecified atom stereocenters. The van der Waals surface area contributed by atoms with E-state index >= 15 is 0 Å². The number of halogens is 1. The largest absolute Gasteiger partial charge is 0.497 e. The van der Waals surface area contributed by atoms with Crippen LogP contribution < -0.4 is 19.7 Å². The Morgan fingerprint density at radius 3 is 2.62 bits per heavy atom. The topological polar surface area (TPSA) is 135 Å². The molecule has 0 saturated carbocycles. The van der Waals surface area contributed by atoms with Gasteiger partial charge >= 0.3 is 0 Å². The van der Waals surface area contributed by atoms with Gasteiger partial charge in [-0.3, -0.25) is 9.59 Å². The second-order valence-electron chi connectivity index (χ2n) is 9.65. The third kappa shape index (κ3) is 6.45. The predicted molar refractivity (Wildman–Crippen MR) is 147 cm³/mol. The van der Waals surface area contributed by atoms with E-state index in [0.29, 0.717) is 61.6 Å². The van der Waals surface area contributed by atoms with E-state index in [1.807, 2.05) is 17.0 Å². The number of aromatic nitrogens is 4. The first-order valence-electron chi connectivity index (χ1n) is 13.1. The Hall–Kier alpha value is -3.90. The van der Waals surface area contributed by atoms with Gasteiger partial charge in [-0.05, 0) is 30.5 Å². The maximum atomic E-state index is 13.4. The molecule has 0 radical (unpaired) electrons.